The fourth-order valence-corrected chi connectivity index (χ4v) is 9.42. The molecule has 3 saturated heterocycles. The minimum Gasteiger partial charge on any atom is -0.377 e. The number of nitrogens with zero attached hydrogens (tertiary/aromatic N) is 3. The van der Waals surface area contributed by atoms with Gasteiger partial charge in [0.05, 0.1) is 70.8 Å². The first-order valence-corrected chi connectivity index (χ1v) is 22.6. The van der Waals surface area contributed by atoms with Crippen LogP contribution >= 0.6 is 0 Å². The average Bonchev–Trinajstić information content (AvgIpc) is 3.48. The number of hydrogen-bond donors (Lipinski definition) is 3. The van der Waals surface area contributed by atoms with Crippen molar-refractivity contribution >= 4 is 23.5 Å². The van der Waals surface area contributed by atoms with Gasteiger partial charge < -0.3 is 38.8 Å². The Hall–Kier alpha value is -3.52. The molecule has 0 aromatic heterocycles. The SMILES string of the molecule is C#CCOCCOCCOCCOCCOC1CCN(C(=O)CCCC(=N)N(C(C)=N)C2CC3CCC(C2)N3CC[C@H](NC(=O)C2CCC(F)(F)CC2)c2ccccc2)CC1. The summed E-state index contributed by atoms with van der Waals surface area (Å²) >= 11 is 0. The molecule has 1 aliphatic carbocycles. The number of carbonyl (C=O) groups excluding carboxylic acids is 2. The van der Waals surface area contributed by atoms with Gasteiger partial charge in [-0.25, -0.2) is 8.78 Å². The second kappa shape index (κ2) is 25.6. The van der Waals surface area contributed by atoms with Crippen LogP contribution in [-0.2, 0) is 33.3 Å². The Bertz CT molecular complexity index is 1530. The predicted octanol–water partition coefficient (Wildman–Crippen LogP) is 6.21. The zero-order chi connectivity index (χ0) is 43.5. The van der Waals surface area contributed by atoms with Gasteiger partial charge in [0, 0.05) is 69.4 Å². The molecule has 0 spiro atoms. The van der Waals surface area contributed by atoms with Crippen LogP contribution in [0, 0.1) is 29.1 Å². The van der Waals surface area contributed by atoms with Crippen LogP contribution in [0.15, 0.2) is 30.3 Å². The highest BCUT2D eigenvalue weighted by atomic mass is 19.3. The minimum absolute atomic E-state index is 0.0581. The van der Waals surface area contributed by atoms with Crippen LogP contribution in [0.1, 0.15) is 108 Å². The third kappa shape index (κ3) is 16.0. The number of benzene rings is 1. The van der Waals surface area contributed by atoms with Crippen LogP contribution < -0.4 is 5.32 Å². The molecule has 4 fully saturated rings. The van der Waals surface area contributed by atoms with Crippen LogP contribution in [0.5, 0.6) is 0 Å². The number of rotatable bonds is 25. The van der Waals surface area contributed by atoms with Gasteiger partial charge in [-0.2, -0.15) is 0 Å². The van der Waals surface area contributed by atoms with Crippen molar-refractivity contribution in [2.24, 2.45) is 5.92 Å². The molecule has 2 amide bonds. The normalized spacial score (nSPS) is 22.4. The highest BCUT2D eigenvalue weighted by Gasteiger charge is 2.44. The highest BCUT2D eigenvalue weighted by molar-refractivity contribution is 5.97. The van der Waals surface area contributed by atoms with Gasteiger partial charge in [0.1, 0.15) is 12.4 Å². The Morgan fingerprint density at radius 2 is 1.46 bits per heavy atom. The van der Waals surface area contributed by atoms with E-state index in [1.807, 2.05) is 40.1 Å². The molecule has 15 heteroatoms. The number of amides is 2. The standard InChI is InChI=1S/C46H70F2N6O7/c1-3-24-57-25-26-58-27-28-59-29-30-60-31-32-61-41-16-21-52(22-17-41)44(55)11-7-10-43(50)54(35(2)49)40-33-38-12-13-39(34-40)53(38)23-18-42(36-8-5-4-6-9-36)51-45(56)37-14-19-46(47,48)20-15-37/h1,4-6,8-9,37-42,49-50H,7,10-34H2,2H3,(H,51,56)/t38?,39?,40?,42-/m0/s1. The zero-order valence-electron chi connectivity index (χ0n) is 36.3. The fraction of sp³-hybridized carbons (Fsp3) is 0.739. The summed E-state index contributed by atoms with van der Waals surface area (Å²) in [5, 5.41) is 20.9. The number of nitrogens with one attached hydrogen (secondary N) is 3. The molecule has 340 valence electrons. The molecule has 1 saturated carbocycles. The quantitative estimate of drug-likeness (QED) is 0.0452. The van der Waals surface area contributed by atoms with Crippen molar-refractivity contribution in [3.63, 3.8) is 0 Å². The maximum atomic E-state index is 13.8. The summed E-state index contributed by atoms with van der Waals surface area (Å²) in [5.41, 5.74) is 1.02. The van der Waals surface area contributed by atoms with E-state index in [-0.39, 0.29) is 68.2 Å². The van der Waals surface area contributed by atoms with E-state index in [1.165, 1.54) is 0 Å². The first-order valence-electron chi connectivity index (χ1n) is 22.6. The molecule has 61 heavy (non-hydrogen) atoms. The predicted molar refractivity (Wildman–Crippen MR) is 230 cm³/mol. The van der Waals surface area contributed by atoms with E-state index in [2.05, 4.69) is 16.1 Å². The first kappa shape index (κ1) is 48.5. The molecule has 2 unspecified atom stereocenters. The molecule has 5 rings (SSSR count). The largest absolute Gasteiger partial charge is 0.377 e. The summed E-state index contributed by atoms with van der Waals surface area (Å²) in [6, 6.07) is 10.4. The van der Waals surface area contributed by atoms with E-state index >= 15 is 0 Å². The monoisotopic (exact) mass is 857 g/mol. The topological polar surface area (TPSA) is 150 Å². The van der Waals surface area contributed by atoms with E-state index in [4.69, 9.17) is 40.9 Å². The summed E-state index contributed by atoms with van der Waals surface area (Å²) in [5.74, 6) is 0.0844. The van der Waals surface area contributed by atoms with E-state index < -0.39 is 5.92 Å². The molecule has 2 bridgehead atoms. The second-order valence-corrected chi connectivity index (χ2v) is 16.9. The highest BCUT2D eigenvalue weighted by Crippen LogP contribution is 2.39. The lowest BCUT2D eigenvalue weighted by Crippen LogP contribution is -2.53. The third-order valence-electron chi connectivity index (χ3n) is 12.6. The number of piperidine rings is 2. The van der Waals surface area contributed by atoms with Gasteiger partial charge in [-0.3, -0.25) is 25.3 Å². The Morgan fingerprint density at radius 1 is 0.869 bits per heavy atom. The van der Waals surface area contributed by atoms with Crippen molar-refractivity contribution in [3.05, 3.63) is 35.9 Å². The van der Waals surface area contributed by atoms with Gasteiger partial charge in [-0.05, 0) is 76.7 Å². The van der Waals surface area contributed by atoms with Gasteiger partial charge in [-0.1, -0.05) is 36.3 Å². The summed E-state index contributed by atoms with van der Waals surface area (Å²) in [6.45, 7) is 8.01. The molecular formula is C46H70F2N6O7. The van der Waals surface area contributed by atoms with Crippen molar-refractivity contribution in [1.29, 1.82) is 10.8 Å². The summed E-state index contributed by atoms with van der Waals surface area (Å²) in [4.78, 5) is 32.8. The molecular weight excluding hydrogens is 787 g/mol. The smallest absolute Gasteiger partial charge is 0.248 e. The molecule has 3 atom stereocenters. The van der Waals surface area contributed by atoms with Crippen molar-refractivity contribution in [3.8, 4) is 12.3 Å². The number of amidine groups is 2. The molecule has 13 nitrogen and oxygen atoms in total. The molecule has 3 aliphatic heterocycles. The van der Waals surface area contributed by atoms with Gasteiger partial charge in [0.25, 0.3) is 0 Å². The summed E-state index contributed by atoms with van der Waals surface area (Å²) in [6.07, 6.45) is 12.7. The van der Waals surface area contributed by atoms with Crippen LogP contribution in [0.4, 0.5) is 8.78 Å². The minimum atomic E-state index is -2.67. The molecule has 3 heterocycles. The Kier molecular flexibility index (Phi) is 20.3. The lowest BCUT2D eigenvalue weighted by atomic mass is 9.86. The number of ether oxygens (including phenoxy) is 5. The Labute approximate surface area is 361 Å². The van der Waals surface area contributed by atoms with Crippen LogP contribution in [0.2, 0.25) is 0 Å². The average molecular weight is 857 g/mol. The van der Waals surface area contributed by atoms with Crippen molar-refractivity contribution in [2.45, 2.75) is 133 Å². The zero-order valence-corrected chi connectivity index (χ0v) is 36.3. The lowest BCUT2D eigenvalue weighted by Gasteiger charge is -2.44. The van der Waals surface area contributed by atoms with Gasteiger partial charge in [0.2, 0.25) is 17.7 Å². The maximum Gasteiger partial charge on any atom is 0.248 e. The number of fused-ring (bicyclic) bond motifs is 2. The van der Waals surface area contributed by atoms with Crippen LogP contribution in [-0.4, -0.2) is 147 Å². The summed E-state index contributed by atoms with van der Waals surface area (Å²) < 4.78 is 55.2. The molecule has 1 aromatic carbocycles. The number of carbonyl (C=O) groups is 2. The van der Waals surface area contributed by atoms with Crippen LogP contribution in [0.25, 0.3) is 0 Å². The summed E-state index contributed by atoms with van der Waals surface area (Å²) in [7, 11) is 0. The molecule has 0 radical (unpaired) electrons. The molecule has 4 aliphatic rings. The van der Waals surface area contributed by atoms with Gasteiger partial charge in [0.15, 0.2) is 0 Å². The fourth-order valence-electron chi connectivity index (χ4n) is 9.42. The first-order chi connectivity index (χ1) is 29.5. The number of terminal acetylenes is 1. The second-order valence-electron chi connectivity index (χ2n) is 16.9. The number of alkyl halides is 2. The van der Waals surface area contributed by atoms with E-state index in [1.54, 1.807) is 6.92 Å². The van der Waals surface area contributed by atoms with Crippen molar-refractivity contribution < 1.29 is 42.1 Å². The van der Waals surface area contributed by atoms with Crippen LogP contribution in [0.3, 0.4) is 0 Å². The van der Waals surface area contributed by atoms with Crippen molar-refractivity contribution in [1.82, 2.24) is 20.0 Å². The van der Waals surface area contributed by atoms with E-state index in [0.717, 1.165) is 50.6 Å². The Balaban J connectivity index is 0.957. The number of hydrogen-bond acceptors (Lipinski definition) is 10. The van der Waals surface area contributed by atoms with Gasteiger partial charge >= 0.3 is 0 Å². The van der Waals surface area contributed by atoms with Gasteiger partial charge in [-0.15, -0.1) is 6.42 Å². The molecule has 3 N–H and O–H groups in total. The number of halogens is 2. The Morgan fingerprint density at radius 3 is 2.05 bits per heavy atom. The number of likely N-dealkylation sites (tertiary alicyclic amines) is 1. The van der Waals surface area contributed by atoms with E-state index in [0.29, 0.717) is 115 Å². The third-order valence-corrected chi connectivity index (χ3v) is 12.6. The van der Waals surface area contributed by atoms with Crippen molar-refractivity contribution in [2.75, 3.05) is 79.1 Å². The maximum absolute atomic E-state index is 13.8. The molecule has 1 aromatic rings. The lowest BCUT2D eigenvalue weighted by molar-refractivity contribution is -0.134. The van der Waals surface area contributed by atoms with E-state index in [9.17, 15) is 18.4 Å².